The maximum atomic E-state index is 12.8. The molecule has 1 aliphatic heterocycles. The van der Waals surface area contributed by atoms with Crippen LogP contribution in [0.4, 0.5) is 0 Å². The van der Waals surface area contributed by atoms with Crippen molar-refractivity contribution >= 4 is 15.7 Å². The molecular formula is C19H23NO5S. The van der Waals surface area contributed by atoms with E-state index in [-0.39, 0.29) is 36.6 Å². The van der Waals surface area contributed by atoms with E-state index in [4.69, 9.17) is 9.15 Å². The summed E-state index contributed by atoms with van der Waals surface area (Å²) in [4.78, 5) is 14.4. The first-order chi connectivity index (χ1) is 12.4. The minimum atomic E-state index is -3.10. The molecule has 0 bridgehead atoms. The molecule has 0 N–H and O–H groups in total. The Hall–Kier alpha value is -2.28. The minimum absolute atomic E-state index is 0.0111. The third-order valence-electron chi connectivity index (χ3n) is 4.62. The van der Waals surface area contributed by atoms with Crippen molar-refractivity contribution in [2.24, 2.45) is 0 Å². The van der Waals surface area contributed by atoms with Crippen molar-refractivity contribution in [1.29, 1.82) is 0 Å². The molecule has 7 heteroatoms. The summed E-state index contributed by atoms with van der Waals surface area (Å²) in [5, 5.41) is 0. The van der Waals surface area contributed by atoms with Crippen LogP contribution < -0.4 is 4.74 Å². The van der Waals surface area contributed by atoms with E-state index in [1.807, 2.05) is 32.0 Å². The number of nitrogens with zero attached hydrogens (tertiary/aromatic N) is 1. The Kier molecular flexibility index (Phi) is 5.36. The van der Waals surface area contributed by atoms with Gasteiger partial charge in [0.1, 0.15) is 11.5 Å². The Morgan fingerprint density at radius 3 is 2.54 bits per heavy atom. The first-order valence-corrected chi connectivity index (χ1v) is 10.4. The zero-order valence-electron chi connectivity index (χ0n) is 15.0. The number of hydrogen-bond donors (Lipinski definition) is 0. The average Bonchev–Trinajstić information content (AvgIpc) is 3.21. The molecule has 140 valence electrons. The maximum Gasteiger partial charge on any atom is 0.261 e. The van der Waals surface area contributed by atoms with E-state index in [1.54, 1.807) is 17.0 Å². The van der Waals surface area contributed by atoms with Gasteiger partial charge in [-0.2, -0.15) is 0 Å². The number of carbonyl (C=O) groups excluding carboxylic acids is 1. The van der Waals surface area contributed by atoms with Gasteiger partial charge in [-0.1, -0.05) is 18.2 Å². The van der Waals surface area contributed by atoms with Crippen LogP contribution in [0.3, 0.4) is 0 Å². The summed E-state index contributed by atoms with van der Waals surface area (Å²) in [6.45, 7) is 3.96. The third-order valence-corrected chi connectivity index (χ3v) is 6.37. The van der Waals surface area contributed by atoms with Gasteiger partial charge in [-0.15, -0.1) is 0 Å². The fraction of sp³-hybridized carbons (Fsp3) is 0.421. The van der Waals surface area contributed by atoms with Gasteiger partial charge >= 0.3 is 0 Å². The van der Waals surface area contributed by atoms with Gasteiger partial charge in [0, 0.05) is 6.04 Å². The fourth-order valence-corrected chi connectivity index (χ4v) is 4.99. The monoisotopic (exact) mass is 377 g/mol. The smallest absolute Gasteiger partial charge is 0.261 e. The SMILES string of the molecule is Cc1cccc(C)c1OCC(=O)N(Cc1ccco1)[C@@H]1CCS(=O)(=O)C1. The first-order valence-electron chi connectivity index (χ1n) is 8.57. The first kappa shape index (κ1) is 18.5. The molecule has 0 unspecified atom stereocenters. The summed E-state index contributed by atoms with van der Waals surface area (Å²) >= 11 is 0. The van der Waals surface area contributed by atoms with E-state index >= 15 is 0 Å². The van der Waals surface area contributed by atoms with E-state index in [2.05, 4.69) is 0 Å². The van der Waals surface area contributed by atoms with Gasteiger partial charge in [0.25, 0.3) is 5.91 Å². The van der Waals surface area contributed by atoms with Crippen LogP contribution in [0.5, 0.6) is 5.75 Å². The number of hydrogen-bond acceptors (Lipinski definition) is 5. The van der Waals surface area contributed by atoms with Gasteiger partial charge in [-0.3, -0.25) is 4.79 Å². The number of carbonyl (C=O) groups is 1. The zero-order chi connectivity index (χ0) is 18.7. The number of rotatable bonds is 6. The fourth-order valence-electron chi connectivity index (χ4n) is 3.26. The number of amides is 1. The lowest BCUT2D eigenvalue weighted by molar-refractivity contribution is -0.136. The van der Waals surface area contributed by atoms with Crippen LogP contribution in [0.1, 0.15) is 23.3 Å². The molecule has 1 amide bonds. The van der Waals surface area contributed by atoms with Crippen LogP contribution in [0.2, 0.25) is 0 Å². The van der Waals surface area contributed by atoms with Crippen molar-refractivity contribution in [3.05, 3.63) is 53.5 Å². The molecule has 6 nitrogen and oxygen atoms in total. The lowest BCUT2D eigenvalue weighted by atomic mass is 10.1. The van der Waals surface area contributed by atoms with Crippen LogP contribution in [-0.4, -0.2) is 43.4 Å². The second kappa shape index (κ2) is 7.53. The number of aryl methyl sites for hydroxylation is 2. The molecule has 26 heavy (non-hydrogen) atoms. The van der Waals surface area contributed by atoms with E-state index in [1.165, 1.54) is 6.26 Å². The standard InChI is InChI=1S/C19H23NO5S/c1-14-5-3-6-15(2)19(14)25-12-18(21)20(11-17-7-4-9-24-17)16-8-10-26(22,23)13-16/h3-7,9,16H,8,10-13H2,1-2H3/t16-/m1/s1. The number of sulfone groups is 1. The molecule has 0 saturated carbocycles. The van der Waals surface area contributed by atoms with Gasteiger partial charge in [0.05, 0.1) is 24.3 Å². The van der Waals surface area contributed by atoms with E-state index in [9.17, 15) is 13.2 Å². The molecular weight excluding hydrogens is 354 g/mol. The van der Waals surface area contributed by atoms with Gasteiger partial charge in [0.2, 0.25) is 0 Å². The summed E-state index contributed by atoms with van der Waals surface area (Å²) in [5.41, 5.74) is 1.91. The predicted molar refractivity (Wildman–Crippen MR) is 97.7 cm³/mol. The number of ether oxygens (including phenoxy) is 1. The Balaban J connectivity index is 1.74. The molecule has 1 fully saturated rings. The molecule has 2 aromatic rings. The predicted octanol–water partition coefficient (Wildman–Crippen LogP) is 2.49. The molecule has 1 atom stereocenters. The summed E-state index contributed by atoms with van der Waals surface area (Å²) < 4.78 is 34.8. The minimum Gasteiger partial charge on any atom is -0.483 e. The Bertz CT molecular complexity index is 853. The van der Waals surface area contributed by atoms with E-state index < -0.39 is 9.84 Å². The van der Waals surface area contributed by atoms with Gasteiger partial charge in [-0.25, -0.2) is 8.42 Å². The molecule has 0 aliphatic carbocycles. The zero-order valence-corrected chi connectivity index (χ0v) is 15.8. The number of para-hydroxylation sites is 1. The lowest BCUT2D eigenvalue weighted by Crippen LogP contribution is -2.43. The van der Waals surface area contributed by atoms with Crippen molar-refractivity contribution in [3.8, 4) is 5.75 Å². The molecule has 1 aromatic heterocycles. The highest BCUT2D eigenvalue weighted by atomic mass is 32.2. The number of furan rings is 1. The lowest BCUT2D eigenvalue weighted by Gasteiger charge is -2.27. The van der Waals surface area contributed by atoms with Crippen molar-refractivity contribution in [2.45, 2.75) is 32.9 Å². The van der Waals surface area contributed by atoms with Crippen LogP contribution in [0.25, 0.3) is 0 Å². The van der Waals surface area contributed by atoms with Gasteiger partial charge < -0.3 is 14.1 Å². The number of benzene rings is 1. The van der Waals surface area contributed by atoms with Crippen molar-refractivity contribution < 1.29 is 22.4 Å². The van der Waals surface area contributed by atoms with E-state index in [0.717, 1.165) is 11.1 Å². The summed E-state index contributed by atoms with van der Waals surface area (Å²) in [7, 11) is -3.10. The van der Waals surface area contributed by atoms with Crippen LogP contribution >= 0.6 is 0 Å². The Labute approximate surface area is 153 Å². The van der Waals surface area contributed by atoms with Crippen LogP contribution in [-0.2, 0) is 21.2 Å². The molecule has 3 rings (SSSR count). The maximum absolute atomic E-state index is 12.8. The van der Waals surface area contributed by atoms with Crippen molar-refractivity contribution in [3.63, 3.8) is 0 Å². The Morgan fingerprint density at radius 2 is 1.96 bits per heavy atom. The summed E-state index contributed by atoms with van der Waals surface area (Å²) in [5.74, 6) is 1.17. The quantitative estimate of drug-likeness (QED) is 0.773. The van der Waals surface area contributed by atoms with Crippen molar-refractivity contribution in [1.82, 2.24) is 4.90 Å². The molecule has 2 heterocycles. The van der Waals surface area contributed by atoms with Gasteiger partial charge in [0.15, 0.2) is 16.4 Å². The van der Waals surface area contributed by atoms with Crippen LogP contribution in [0.15, 0.2) is 41.0 Å². The highest BCUT2D eigenvalue weighted by Gasteiger charge is 2.35. The molecule has 1 saturated heterocycles. The normalized spacial score (nSPS) is 18.6. The third kappa shape index (κ3) is 4.27. The molecule has 1 aromatic carbocycles. The highest BCUT2D eigenvalue weighted by molar-refractivity contribution is 7.91. The average molecular weight is 377 g/mol. The van der Waals surface area contributed by atoms with Crippen LogP contribution in [0, 0.1) is 13.8 Å². The summed E-state index contributed by atoms with van der Waals surface area (Å²) in [6.07, 6.45) is 1.98. The molecule has 0 spiro atoms. The summed E-state index contributed by atoms with van der Waals surface area (Å²) in [6, 6.07) is 8.96. The van der Waals surface area contributed by atoms with E-state index in [0.29, 0.717) is 17.9 Å². The Morgan fingerprint density at radius 1 is 1.23 bits per heavy atom. The topological polar surface area (TPSA) is 76.8 Å². The largest absolute Gasteiger partial charge is 0.483 e. The molecule has 1 aliphatic rings. The second-order valence-corrected chi connectivity index (χ2v) is 8.90. The van der Waals surface area contributed by atoms with Gasteiger partial charge in [-0.05, 0) is 43.5 Å². The van der Waals surface area contributed by atoms with Crippen molar-refractivity contribution in [2.75, 3.05) is 18.1 Å². The highest BCUT2D eigenvalue weighted by Crippen LogP contribution is 2.24. The molecule has 0 radical (unpaired) electrons. The second-order valence-electron chi connectivity index (χ2n) is 6.67.